The number of aromatic amines is 1. The molecule has 0 unspecified atom stereocenters. The van der Waals surface area contributed by atoms with Crippen molar-refractivity contribution >= 4 is 12.0 Å². The van der Waals surface area contributed by atoms with Crippen LogP contribution in [0.15, 0.2) is 10.9 Å². The van der Waals surface area contributed by atoms with Gasteiger partial charge in [-0.3, -0.25) is 9.59 Å². The summed E-state index contributed by atoms with van der Waals surface area (Å²) < 4.78 is 5.06. The molecule has 0 fully saturated rings. The molecule has 0 aliphatic heterocycles. The Morgan fingerprint density at radius 3 is 2.43 bits per heavy atom. The Labute approximate surface area is 135 Å². The van der Waals surface area contributed by atoms with E-state index >= 15 is 0 Å². The van der Waals surface area contributed by atoms with Gasteiger partial charge in [0.2, 0.25) is 5.91 Å². The Kier molecular flexibility index (Phi) is 6.36. The Morgan fingerprint density at radius 1 is 1.22 bits per heavy atom. The summed E-state index contributed by atoms with van der Waals surface area (Å²) in [4.78, 5) is 37.7. The number of carbonyl (C=O) groups excluding carboxylic acids is 2. The van der Waals surface area contributed by atoms with E-state index in [1.165, 1.54) is 0 Å². The van der Waals surface area contributed by atoms with Crippen LogP contribution in [0.25, 0.3) is 0 Å². The molecule has 2 amide bonds. The quantitative estimate of drug-likeness (QED) is 0.765. The minimum absolute atomic E-state index is 0.113. The second kappa shape index (κ2) is 7.80. The van der Waals surface area contributed by atoms with E-state index in [1.54, 1.807) is 27.7 Å². The number of nitrogens with one attached hydrogen (secondary N) is 3. The maximum Gasteiger partial charge on any atom is 0.407 e. The first-order valence-corrected chi connectivity index (χ1v) is 7.51. The highest BCUT2D eigenvalue weighted by molar-refractivity contribution is 5.77. The Morgan fingerprint density at radius 2 is 1.87 bits per heavy atom. The molecular formula is C16H25N3O4. The van der Waals surface area contributed by atoms with Crippen LogP contribution in [-0.2, 0) is 16.1 Å². The van der Waals surface area contributed by atoms with Gasteiger partial charge in [0.05, 0.1) is 0 Å². The van der Waals surface area contributed by atoms with E-state index in [0.717, 1.165) is 11.3 Å². The molecule has 23 heavy (non-hydrogen) atoms. The smallest absolute Gasteiger partial charge is 0.407 e. The summed E-state index contributed by atoms with van der Waals surface area (Å²) in [5, 5.41) is 5.18. The number of hydrogen-bond donors (Lipinski definition) is 3. The van der Waals surface area contributed by atoms with Crippen molar-refractivity contribution in [1.29, 1.82) is 0 Å². The van der Waals surface area contributed by atoms with Crippen molar-refractivity contribution in [3.05, 3.63) is 33.2 Å². The number of rotatable bonds is 5. The predicted octanol–water partition coefficient (Wildman–Crippen LogP) is 1.52. The summed E-state index contributed by atoms with van der Waals surface area (Å²) in [5.41, 5.74) is 1.37. The lowest BCUT2D eigenvalue weighted by molar-refractivity contribution is -0.121. The first kappa shape index (κ1) is 18.7. The van der Waals surface area contributed by atoms with Crippen LogP contribution in [0.3, 0.4) is 0 Å². The van der Waals surface area contributed by atoms with Crippen molar-refractivity contribution in [2.24, 2.45) is 0 Å². The second-order valence-corrected chi connectivity index (χ2v) is 6.40. The number of pyridine rings is 1. The lowest BCUT2D eigenvalue weighted by Crippen LogP contribution is -2.35. The van der Waals surface area contributed by atoms with E-state index in [-0.39, 0.29) is 31.0 Å². The van der Waals surface area contributed by atoms with Crippen molar-refractivity contribution in [3.63, 3.8) is 0 Å². The topological polar surface area (TPSA) is 100 Å². The largest absolute Gasteiger partial charge is 0.444 e. The number of ether oxygens (including phenoxy) is 1. The fourth-order valence-electron chi connectivity index (χ4n) is 1.97. The monoisotopic (exact) mass is 323 g/mol. The molecule has 0 bridgehead atoms. The minimum atomic E-state index is -0.573. The van der Waals surface area contributed by atoms with Crippen molar-refractivity contribution in [2.45, 2.75) is 53.2 Å². The van der Waals surface area contributed by atoms with Crippen LogP contribution >= 0.6 is 0 Å². The minimum Gasteiger partial charge on any atom is -0.444 e. The third-order valence-electron chi connectivity index (χ3n) is 2.98. The molecule has 0 aromatic carbocycles. The zero-order valence-electron chi connectivity index (χ0n) is 14.3. The normalized spacial score (nSPS) is 11.0. The summed E-state index contributed by atoms with van der Waals surface area (Å²) in [6.07, 6.45) is -0.446. The van der Waals surface area contributed by atoms with Crippen LogP contribution in [0.5, 0.6) is 0 Å². The van der Waals surface area contributed by atoms with Gasteiger partial charge in [0.25, 0.3) is 5.56 Å². The Bertz CT molecular complexity index is 629. The summed E-state index contributed by atoms with van der Waals surface area (Å²) in [6.45, 7) is 9.26. The Hall–Kier alpha value is -2.31. The molecule has 1 aromatic heterocycles. The van der Waals surface area contributed by atoms with Gasteiger partial charge in [-0.05, 0) is 46.2 Å². The summed E-state index contributed by atoms with van der Waals surface area (Å²) in [6, 6.07) is 1.85. The van der Waals surface area contributed by atoms with E-state index in [9.17, 15) is 14.4 Å². The molecule has 0 saturated carbocycles. The van der Waals surface area contributed by atoms with E-state index < -0.39 is 11.7 Å². The highest BCUT2D eigenvalue weighted by Gasteiger charge is 2.16. The lowest BCUT2D eigenvalue weighted by Gasteiger charge is -2.19. The zero-order valence-corrected chi connectivity index (χ0v) is 14.3. The highest BCUT2D eigenvalue weighted by atomic mass is 16.6. The lowest BCUT2D eigenvalue weighted by atomic mass is 10.1. The molecule has 0 aliphatic rings. The highest BCUT2D eigenvalue weighted by Crippen LogP contribution is 2.06. The van der Waals surface area contributed by atoms with Crippen molar-refractivity contribution in [1.82, 2.24) is 15.6 Å². The fourth-order valence-corrected chi connectivity index (χ4v) is 1.97. The first-order chi connectivity index (χ1) is 10.6. The van der Waals surface area contributed by atoms with Crippen LogP contribution in [0, 0.1) is 13.8 Å². The van der Waals surface area contributed by atoms with Crippen molar-refractivity contribution in [3.8, 4) is 0 Å². The molecule has 0 saturated heterocycles. The number of aromatic nitrogens is 1. The standard InChI is InChI=1S/C16H25N3O4/c1-10-8-11(2)19-14(21)12(10)9-18-13(20)6-7-17-15(22)23-16(3,4)5/h8H,6-7,9H2,1-5H3,(H,17,22)(H,18,20)(H,19,21). The van der Waals surface area contributed by atoms with Gasteiger partial charge in [0.1, 0.15) is 5.60 Å². The summed E-state index contributed by atoms with van der Waals surface area (Å²) in [5.74, 6) is -0.250. The molecule has 128 valence electrons. The number of alkyl carbamates (subject to hydrolysis) is 1. The molecule has 0 aliphatic carbocycles. The van der Waals surface area contributed by atoms with E-state index in [1.807, 2.05) is 13.0 Å². The third-order valence-corrected chi connectivity index (χ3v) is 2.98. The van der Waals surface area contributed by atoms with Crippen LogP contribution in [-0.4, -0.2) is 29.1 Å². The van der Waals surface area contributed by atoms with Gasteiger partial charge in [-0.1, -0.05) is 0 Å². The number of amides is 2. The molecule has 0 spiro atoms. The molecule has 0 radical (unpaired) electrons. The van der Waals surface area contributed by atoms with Crippen LogP contribution in [0.2, 0.25) is 0 Å². The van der Waals surface area contributed by atoms with Gasteiger partial charge in [-0.25, -0.2) is 4.79 Å². The second-order valence-electron chi connectivity index (χ2n) is 6.40. The fraction of sp³-hybridized carbons (Fsp3) is 0.562. The average molecular weight is 323 g/mol. The van der Waals surface area contributed by atoms with E-state index in [4.69, 9.17) is 4.74 Å². The van der Waals surface area contributed by atoms with E-state index in [0.29, 0.717) is 5.56 Å². The van der Waals surface area contributed by atoms with Gasteiger partial charge < -0.3 is 20.4 Å². The summed E-state index contributed by atoms with van der Waals surface area (Å²) >= 11 is 0. The Balaban J connectivity index is 2.39. The molecule has 1 heterocycles. The maximum atomic E-state index is 11.8. The number of aryl methyl sites for hydroxylation is 2. The van der Waals surface area contributed by atoms with Crippen molar-refractivity contribution < 1.29 is 14.3 Å². The zero-order chi connectivity index (χ0) is 17.6. The van der Waals surface area contributed by atoms with Gasteiger partial charge in [0.15, 0.2) is 0 Å². The molecule has 3 N–H and O–H groups in total. The molecule has 7 nitrogen and oxygen atoms in total. The molecule has 0 atom stereocenters. The average Bonchev–Trinajstić information content (AvgIpc) is 2.35. The van der Waals surface area contributed by atoms with Gasteiger partial charge in [-0.15, -0.1) is 0 Å². The number of hydrogen-bond acceptors (Lipinski definition) is 4. The molecule has 7 heteroatoms. The SMILES string of the molecule is Cc1cc(C)c(CNC(=O)CCNC(=O)OC(C)(C)C)c(=O)[nH]1. The number of H-pyrrole nitrogens is 1. The van der Waals surface area contributed by atoms with Gasteiger partial charge in [0, 0.05) is 30.8 Å². The first-order valence-electron chi connectivity index (χ1n) is 7.51. The van der Waals surface area contributed by atoms with Crippen LogP contribution < -0.4 is 16.2 Å². The maximum absolute atomic E-state index is 11.8. The van der Waals surface area contributed by atoms with Crippen LogP contribution in [0.4, 0.5) is 4.79 Å². The summed E-state index contributed by atoms with van der Waals surface area (Å²) in [7, 11) is 0. The number of carbonyl (C=O) groups is 2. The van der Waals surface area contributed by atoms with Gasteiger partial charge in [-0.2, -0.15) is 0 Å². The van der Waals surface area contributed by atoms with Gasteiger partial charge >= 0.3 is 6.09 Å². The predicted molar refractivity (Wildman–Crippen MR) is 87.2 cm³/mol. The molecule has 1 aromatic rings. The molecule has 1 rings (SSSR count). The van der Waals surface area contributed by atoms with E-state index in [2.05, 4.69) is 15.6 Å². The third kappa shape index (κ3) is 6.99. The molecular weight excluding hydrogens is 298 g/mol. The van der Waals surface area contributed by atoms with Crippen molar-refractivity contribution in [2.75, 3.05) is 6.54 Å². The van der Waals surface area contributed by atoms with Crippen LogP contribution in [0.1, 0.15) is 44.0 Å².